The van der Waals surface area contributed by atoms with E-state index >= 15 is 0 Å². The number of esters is 1. The highest BCUT2D eigenvalue weighted by Gasteiger charge is 2.71. The number of allylic oxidation sites excluding steroid dienone is 1. The molecule has 2 aliphatic heterocycles. The third-order valence-corrected chi connectivity index (χ3v) is 7.18. The Morgan fingerprint density at radius 1 is 1.11 bits per heavy atom. The largest absolute Gasteiger partial charge is 0.493 e. The van der Waals surface area contributed by atoms with Crippen molar-refractivity contribution in [3.05, 3.63) is 47.6 Å². The molecular formula is C28H36O8. The van der Waals surface area contributed by atoms with Crippen LogP contribution in [0, 0.1) is 5.92 Å². The van der Waals surface area contributed by atoms with Gasteiger partial charge in [-0.1, -0.05) is 17.7 Å². The second-order valence-electron chi connectivity index (χ2n) is 9.78. The Balaban J connectivity index is 1.49. The molecule has 2 fully saturated rings. The molecule has 0 N–H and O–H groups in total. The van der Waals surface area contributed by atoms with Gasteiger partial charge in [-0.3, -0.25) is 0 Å². The van der Waals surface area contributed by atoms with Crippen LogP contribution in [0.15, 0.2) is 42.0 Å². The van der Waals surface area contributed by atoms with Gasteiger partial charge in [0.1, 0.15) is 23.4 Å². The number of hydrogen-bond acceptors (Lipinski definition) is 8. The second-order valence-corrected chi connectivity index (χ2v) is 9.78. The minimum atomic E-state index is -0.572. The third-order valence-electron chi connectivity index (χ3n) is 7.18. The molecule has 1 aromatic carbocycles. The van der Waals surface area contributed by atoms with Crippen LogP contribution in [-0.4, -0.2) is 70.5 Å². The minimum absolute atomic E-state index is 0.0684. The van der Waals surface area contributed by atoms with Gasteiger partial charge in [0.2, 0.25) is 5.75 Å². The van der Waals surface area contributed by atoms with Gasteiger partial charge < -0.3 is 33.2 Å². The summed E-state index contributed by atoms with van der Waals surface area (Å²) in [6.07, 6.45) is 8.98. The lowest BCUT2D eigenvalue weighted by molar-refractivity contribution is -0.153. The van der Waals surface area contributed by atoms with E-state index in [0.29, 0.717) is 29.4 Å². The Kier molecular flexibility index (Phi) is 7.50. The molecule has 3 aliphatic rings. The van der Waals surface area contributed by atoms with Gasteiger partial charge in [-0.25, -0.2) is 4.79 Å². The number of methoxy groups -OCH3 is 4. The van der Waals surface area contributed by atoms with Crippen molar-refractivity contribution in [1.82, 2.24) is 0 Å². The maximum absolute atomic E-state index is 12.8. The van der Waals surface area contributed by atoms with Crippen LogP contribution in [0.5, 0.6) is 17.2 Å². The molecule has 0 radical (unpaired) electrons. The highest BCUT2D eigenvalue weighted by atomic mass is 16.6. The second kappa shape index (κ2) is 10.3. The SMILES string of the molecule is COc1cc(/C=C/C(=O)O[C@@H]2C=CC3(CO3)C(C3(C)O[C@H]3CC=C(C)C)[C@@H]2OC)cc(OC)c1OC. The minimum Gasteiger partial charge on any atom is -0.493 e. The molecule has 8 nitrogen and oxygen atoms in total. The van der Waals surface area contributed by atoms with E-state index in [1.807, 2.05) is 12.2 Å². The first-order chi connectivity index (χ1) is 17.2. The summed E-state index contributed by atoms with van der Waals surface area (Å²) in [7, 11) is 6.26. The fraction of sp³-hybridized carbons (Fsp3) is 0.536. The van der Waals surface area contributed by atoms with E-state index in [-0.39, 0.29) is 12.0 Å². The lowest BCUT2D eigenvalue weighted by atomic mass is 9.71. The van der Waals surface area contributed by atoms with Crippen molar-refractivity contribution in [3.63, 3.8) is 0 Å². The summed E-state index contributed by atoms with van der Waals surface area (Å²) in [6.45, 7) is 6.85. The van der Waals surface area contributed by atoms with Crippen molar-refractivity contribution < 1.29 is 38.0 Å². The topological polar surface area (TPSA) is 88.3 Å². The van der Waals surface area contributed by atoms with Gasteiger partial charge in [0, 0.05) is 13.2 Å². The molecule has 0 saturated carbocycles. The highest BCUT2D eigenvalue weighted by Crippen LogP contribution is 2.58. The number of rotatable bonds is 10. The zero-order valence-corrected chi connectivity index (χ0v) is 22.0. The third kappa shape index (κ3) is 5.03. The zero-order chi connectivity index (χ0) is 26.1. The zero-order valence-electron chi connectivity index (χ0n) is 22.0. The Labute approximate surface area is 212 Å². The molecular weight excluding hydrogens is 464 g/mol. The van der Waals surface area contributed by atoms with Crippen molar-refractivity contribution in [2.45, 2.75) is 56.7 Å². The first-order valence-electron chi connectivity index (χ1n) is 12.1. The first kappa shape index (κ1) is 26.3. The molecule has 1 aliphatic carbocycles. The fourth-order valence-corrected chi connectivity index (χ4v) is 5.19. The number of epoxide rings is 2. The molecule has 6 atom stereocenters. The summed E-state index contributed by atoms with van der Waals surface area (Å²) in [5.41, 5.74) is 1.09. The van der Waals surface area contributed by atoms with Gasteiger partial charge >= 0.3 is 5.97 Å². The monoisotopic (exact) mass is 500 g/mol. The Morgan fingerprint density at radius 2 is 1.78 bits per heavy atom. The number of hydrogen-bond donors (Lipinski definition) is 0. The molecule has 2 saturated heterocycles. The van der Waals surface area contributed by atoms with Crippen LogP contribution in [0.3, 0.4) is 0 Å². The lowest BCUT2D eigenvalue weighted by Crippen LogP contribution is -2.53. The maximum atomic E-state index is 12.8. The fourth-order valence-electron chi connectivity index (χ4n) is 5.19. The van der Waals surface area contributed by atoms with Crippen LogP contribution in [0.1, 0.15) is 32.8 Å². The Morgan fingerprint density at radius 3 is 2.31 bits per heavy atom. The van der Waals surface area contributed by atoms with E-state index < -0.39 is 29.4 Å². The maximum Gasteiger partial charge on any atom is 0.331 e. The molecule has 1 spiro atoms. The van der Waals surface area contributed by atoms with Gasteiger partial charge in [0.25, 0.3) is 0 Å². The highest BCUT2D eigenvalue weighted by molar-refractivity contribution is 5.87. The van der Waals surface area contributed by atoms with Crippen molar-refractivity contribution >= 4 is 12.0 Å². The van der Waals surface area contributed by atoms with E-state index in [2.05, 4.69) is 26.8 Å². The summed E-state index contributed by atoms with van der Waals surface area (Å²) in [4.78, 5) is 12.8. The van der Waals surface area contributed by atoms with Gasteiger partial charge in [-0.2, -0.15) is 0 Å². The summed E-state index contributed by atoms with van der Waals surface area (Å²) >= 11 is 0. The summed E-state index contributed by atoms with van der Waals surface area (Å²) < 4.78 is 39.9. The van der Waals surface area contributed by atoms with E-state index in [0.717, 1.165) is 6.42 Å². The summed E-state index contributed by atoms with van der Waals surface area (Å²) in [5.74, 6) is 0.883. The normalized spacial score (nSPS) is 32.3. The molecule has 36 heavy (non-hydrogen) atoms. The van der Waals surface area contributed by atoms with Gasteiger partial charge in [0.05, 0.1) is 40.0 Å². The van der Waals surface area contributed by atoms with Crippen molar-refractivity contribution in [1.29, 1.82) is 0 Å². The van der Waals surface area contributed by atoms with Gasteiger partial charge in [-0.15, -0.1) is 0 Å². The van der Waals surface area contributed by atoms with Crippen molar-refractivity contribution in [3.8, 4) is 17.2 Å². The molecule has 1 aromatic rings. The number of benzene rings is 1. The van der Waals surface area contributed by atoms with E-state index in [1.165, 1.54) is 18.8 Å². The van der Waals surface area contributed by atoms with Crippen LogP contribution >= 0.6 is 0 Å². The van der Waals surface area contributed by atoms with Crippen LogP contribution < -0.4 is 14.2 Å². The van der Waals surface area contributed by atoms with Crippen molar-refractivity contribution in [2.75, 3.05) is 35.0 Å². The number of carbonyl (C=O) groups is 1. The van der Waals surface area contributed by atoms with Crippen LogP contribution in [0.4, 0.5) is 0 Å². The van der Waals surface area contributed by atoms with Crippen LogP contribution in [0.25, 0.3) is 6.08 Å². The van der Waals surface area contributed by atoms with E-state index in [9.17, 15) is 4.79 Å². The van der Waals surface area contributed by atoms with E-state index in [1.54, 1.807) is 39.5 Å². The molecule has 4 rings (SSSR count). The molecule has 0 aromatic heterocycles. The number of carbonyl (C=O) groups excluding carboxylic acids is 1. The first-order valence-corrected chi connectivity index (χ1v) is 12.1. The standard InChI is InChI=1S/C28H36O8/c1-17(2)8-10-22-27(3,36-22)26-25(33-7)19(12-13-28(26)16-34-28)35-23(29)11-9-18-14-20(30-4)24(32-6)21(15-18)31-5/h8-9,11-15,19,22,25-26H,10,16H2,1-7H3/b11-9+/t19-,22+,25-,26?,27?,28?/m1/s1. The molecule has 196 valence electrons. The lowest BCUT2D eigenvalue weighted by Gasteiger charge is -2.39. The predicted octanol–water partition coefficient (Wildman–Crippen LogP) is 4.12. The van der Waals surface area contributed by atoms with Gasteiger partial charge in [0.15, 0.2) is 11.5 Å². The summed E-state index contributed by atoms with van der Waals surface area (Å²) in [5, 5.41) is 0. The average Bonchev–Trinajstić information content (AvgIpc) is 3.78. The molecule has 3 unspecified atom stereocenters. The Hall–Kier alpha value is -2.81. The summed E-state index contributed by atoms with van der Waals surface area (Å²) in [6, 6.07) is 3.51. The van der Waals surface area contributed by atoms with Gasteiger partial charge in [-0.05, 0) is 57.0 Å². The molecule has 2 heterocycles. The smallest absolute Gasteiger partial charge is 0.331 e. The molecule has 8 heteroatoms. The van der Waals surface area contributed by atoms with Crippen LogP contribution in [0.2, 0.25) is 0 Å². The number of ether oxygens (including phenoxy) is 7. The average molecular weight is 501 g/mol. The van der Waals surface area contributed by atoms with Crippen LogP contribution in [-0.2, 0) is 23.7 Å². The molecule has 0 amide bonds. The molecule has 0 bridgehead atoms. The van der Waals surface area contributed by atoms with E-state index in [4.69, 9.17) is 33.2 Å². The quantitative estimate of drug-likeness (QED) is 0.205. The Bertz CT molecular complexity index is 1040. The predicted molar refractivity (Wildman–Crippen MR) is 134 cm³/mol. The van der Waals surface area contributed by atoms with Crippen molar-refractivity contribution in [2.24, 2.45) is 5.92 Å².